The van der Waals surface area contributed by atoms with Crippen molar-refractivity contribution >= 4 is 21.8 Å². The second-order valence-electron chi connectivity index (χ2n) is 6.97. The highest BCUT2D eigenvalue weighted by Crippen LogP contribution is 2.35. The molecule has 0 fully saturated rings. The van der Waals surface area contributed by atoms with Crippen molar-refractivity contribution in [3.63, 3.8) is 0 Å². The minimum Gasteiger partial charge on any atom is -0.330 e. The maximum atomic E-state index is 13.2. The topological polar surface area (TPSA) is 51.4 Å². The maximum Gasteiger partial charge on any atom is 0.433 e. The Kier molecular flexibility index (Phi) is 3.61. The van der Waals surface area contributed by atoms with E-state index in [1.54, 1.807) is 17.8 Å². The number of H-pyrrole nitrogens is 1. The molecular weight excluding hydrogens is 379 g/mol. The number of nitrogens with one attached hydrogen (secondary N) is 1. The largest absolute Gasteiger partial charge is 0.433 e. The van der Waals surface area contributed by atoms with Gasteiger partial charge < -0.3 is 4.57 Å². The number of aromatic amines is 1. The molecule has 0 atom stereocenters. The van der Waals surface area contributed by atoms with Crippen molar-refractivity contribution in [1.29, 1.82) is 0 Å². The lowest BCUT2D eigenvalue weighted by molar-refractivity contribution is -0.141. The van der Waals surface area contributed by atoms with E-state index in [1.807, 2.05) is 53.1 Å². The fourth-order valence-corrected chi connectivity index (χ4v) is 3.84. The molecule has 0 amide bonds. The van der Waals surface area contributed by atoms with Gasteiger partial charge in [-0.3, -0.25) is 9.67 Å². The van der Waals surface area contributed by atoms with Gasteiger partial charge in [-0.1, -0.05) is 36.4 Å². The Bertz CT molecular complexity index is 1320. The Labute approximate surface area is 163 Å². The number of halogens is 3. The first-order valence-electron chi connectivity index (χ1n) is 9.00. The van der Waals surface area contributed by atoms with Crippen molar-refractivity contribution in [2.24, 2.45) is 7.05 Å². The first-order valence-corrected chi connectivity index (χ1v) is 9.00. The minimum absolute atomic E-state index is 0.0278. The number of imidazole rings is 1. The van der Waals surface area contributed by atoms with Gasteiger partial charge >= 0.3 is 6.18 Å². The predicted molar refractivity (Wildman–Crippen MR) is 105 cm³/mol. The van der Waals surface area contributed by atoms with Gasteiger partial charge in [0.15, 0.2) is 11.6 Å². The van der Waals surface area contributed by atoms with Gasteiger partial charge in [0.2, 0.25) is 0 Å². The molecule has 0 saturated carbocycles. The molecule has 5 rings (SSSR count). The number of para-hydroxylation sites is 2. The Hall–Kier alpha value is -3.55. The predicted octanol–water partition coefficient (Wildman–Crippen LogP) is 5.23. The average Bonchev–Trinajstić information content (AvgIpc) is 3.34. The van der Waals surface area contributed by atoms with Gasteiger partial charge in [-0.2, -0.15) is 18.3 Å². The fourth-order valence-electron chi connectivity index (χ4n) is 3.84. The fraction of sp³-hybridized carbons (Fsp3) is 0.143. The smallest absolute Gasteiger partial charge is 0.330 e. The lowest BCUT2D eigenvalue weighted by atomic mass is 10.2. The Morgan fingerprint density at radius 2 is 1.52 bits per heavy atom. The number of fused-ring (bicyclic) bond motifs is 3. The van der Waals surface area contributed by atoms with Crippen molar-refractivity contribution in [2.75, 3.05) is 0 Å². The van der Waals surface area contributed by atoms with Crippen molar-refractivity contribution < 1.29 is 13.2 Å². The van der Waals surface area contributed by atoms with Crippen LogP contribution in [0.4, 0.5) is 13.2 Å². The lowest BCUT2D eigenvalue weighted by Gasteiger charge is -2.04. The highest BCUT2D eigenvalue weighted by atomic mass is 19.4. The van der Waals surface area contributed by atoms with Crippen LogP contribution < -0.4 is 0 Å². The van der Waals surface area contributed by atoms with Gasteiger partial charge in [-0.15, -0.1) is 0 Å². The van der Waals surface area contributed by atoms with E-state index in [9.17, 15) is 13.2 Å². The van der Waals surface area contributed by atoms with E-state index in [1.165, 1.54) is 6.92 Å². The van der Waals surface area contributed by atoms with Crippen molar-refractivity contribution in [2.45, 2.75) is 13.1 Å². The van der Waals surface area contributed by atoms with E-state index in [2.05, 4.69) is 15.2 Å². The second-order valence-corrected chi connectivity index (χ2v) is 6.97. The number of nitrogens with zero attached hydrogens (tertiary/aromatic N) is 4. The molecule has 146 valence electrons. The van der Waals surface area contributed by atoms with E-state index in [0.717, 1.165) is 21.8 Å². The van der Waals surface area contributed by atoms with Crippen LogP contribution in [0.5, 0.6) is 0 Å². The van der Waals surface area contributed by atoms with Crippen molar-refractivity contribution in [1.82, 2.24) is 24.3 Å². The van der Waals surface area contributed by atoms with Gasteiger partial charge in [0.1, 0.15) is 11.4 Å². The summed E-state index contributed by atoms with van der Waals surface area (Å²) in [5.41, 5.74) is 1.32. The number of hydrogen-bond acceptors (Lipinski definition) is 2. The summed E-state index contributed by atoms with van der Waals surface area (Å²) in [5, 5.41) is 8.18. The monoisotopic (exact) mass is 395 g/mol. The number of benzene rings is 2. The standard InChI is InChI=1S/C21H16F3N5/c1-12-18(26-27-19(12)21(22,23)24)20-25-17(11-28(20)2)29-15-9-5-3-7-13(15)14-8-4-6-10-16(14)29/h3-11H,1-2H3,(H,26,27). The second kappa shape index (κ2) is 5.97. The molecule has 0 saturated heterocycles. The molecule has 3 heterocycles. The summed E-state index contributed by atoms with van der Waals surface area (Å²) >= 11 is 0. The third kappa shape index (κ3) is 2.55. The van der Waals surface area contributed by atoms with Crippen LogP contribution >= 0.6 is 0 Å². The van der Waals surface area contributed by atoms with Crippen LogP contribution in [0.15, 0.2) is 54.7 Å². The molecule has 0 radical (unpaired) electrons. The Morgan fingerprint density at radius 3 is 2.07 bits per heavy atom. The first-order chi connectivity index (χ1) is 13.9. The zero-order valence-corrected chi connectivity index (χ0v) is 15.6. The molecule has 8 heteroatoms. The van der Waals surface area contributed by atoms with E-state index in [-0.39, 0.29) is 11.3 Å². The number of aryl methyl sites for hydroxylation is 1. The number of rotatable bonds is 2. The molecule has 2 aromatic carbocycles. The molecule has 0 bridgehead atoms. The quantitative estimate of drug-likeness (QED) is 0.445. The Balaban J connectivity index is 1.74. The molecule has 5 nitrogen and oxygen atoms in total. The summed E-state index contributed by atoms with van der Waals surface area (Å²) in [6.07, 6.45) is -2.69. The molecule has 0 aliphatic heterocycles. The van der Waals surface area contributed by atoms with Crippen molar-refractivity contribution in [3.8, 4) is 17.3 Å². The molecule has 0 aliphatic carbocycles. The van der Waals surface area contributed by atoms with Crippen LogP contribution in [0.2, 0.25) is 0 Å². The van der Waals surface area contributed by atoms with Crippen LogP contribution in [0, 0.1) is 6.92 Å². The molecule has 5 aromatic rings. The molecule has 0 spiro atoms. The van der Waals surface area contributed by atoms with Gasteiger partial charge in [0, 0.05) is 29.6 Å². The summed E-state index contributed by atoms with van der Waals surface area (Å²) < 4.78 is 43.2. The summed E-state index contributed by atoms with van der Waals surface area (Å²) in [4.78, 5) is 4.66. The highest BCUT2D eigenvalue weighted by Gasteiger charge is 2.36. The normalized spacial score (nSPS) is 12.3. The third-order valence-electron chi connectivity index (χ3n) is 5.18. The average molecular weight is 395 g/mol. The molecule has 3 aromatic heterocycles. The van der Waals surface area contributed by atoms with Gasteiger partial charge in [-0.05, 0) is 19.1 Å². The number of aromatic nitrogens is 5. The van der Waals surface area contributed by atoms with Crippen LogP contribution in [-0.4, -0.2) is 24.3 Å². The SMILES string of the molecule is Cc1c(-c2nc(-n3c4ccccc4c4ccccc43)cn2C)n[nH]c1C(F)(F)F. The molecular formula is C21H16F3N5. The van der Waals surface area contributed by atoms with E-state index < -0.39 is 11.9 Å². The summed E-state index contributed by atoms with van der Waals surface area (Å²) in [7, 11) is 1.75. The molecule has 1 N–H and O–H groups in total. The van der Waals surface area contributed by atoms with Gasteiger partial charge in [0.05, 0.1) is 11.0 Å². The molecule has 29 heavy (non-hydrogen) atoms. The third-order valence-corrected chi connectivity index (χ3v) is 5.18. The van der Waals surface area contributed by atoms with Crippen molar-refractivity contribution in [3.05, 3.63) is 66.0 Å². The molecule has 0 aliphatic rings. The van der Waals surface area contributed by atoms with Crippen LogP contribution in [-0.2, 0) is 13.2 Å². The number of alkyl halides is 3. The van der Waals surface area contributed by atoms with Gasteiger partial charge in [0.25, 0.3) is 0 Å². The lowest BCUT2D eigenvalue weighted by Crippen LogP contribution is -2.07. The molecule has 0 unspecified atom stereocenters. The van der Waals surface area contributed by atoms with Crippen LogP contribution in [0.25, 0.3) is 39.1 Å². The number of hydrogen-bond donors (Lipinski definition) is 1. The summed E-state index contributed by atoms with van der Waals surface area (Å²) in [5.74, 6) is 0.988. The highest BCUT2D eigenvalue weighted by molar-refractivity contribution is 6.09. The summed E-state index contributed by atoms with van der Waals surface area (Å²) in [6, 6.07) is 16.0. The van der Waals surface area contributed by atoms with Gasteiger partial charge in [-0.25, -0.2) is 4.98 Å². The maximum absolute atomic E-state index is 13.2. The minimum atomic E-state index is -4.49. The van der Waals surface area contributed by atoms with E-state index >= 15 is 0 Å². The Morgan fingerprint density at radius 1 is 0.931 bits per heavy atom. The van der Waals surface area contributed by atoms with Crippen LogP contribution in [0.3, 0.4) is 0 Å². The summed E-state index contributed by atoms with van der Waals surface area (Å²) in [6.45, 7) is 1.40. The zero-order valence-electron chi connectivity index (χ0n) is 15.6. The van der Waals surface area contributed by atoms with Crippen LogP contribution in [0.1, 0.15) is 11.3 Å². The van der Waals surface area contributed by atoms with E-state index in [0.29, 0.717) is 11.6 Å². The zero-order chi connectivity index (χ0) is 20.3. The first kappa shape index (κ1) is 17.5. The van der Waals surface area contributed by atoms with E-state index in [4.69, 9.17) is 0 Å².